The number of hydrogen-bond donors (Lipinski definition) is 1. The van der Waals surface area contributed by atoms with Crippen molar-refractivity contribution in [1.29, 1.82) is 0 Å². The number of rotatable bonds is 3. The highest BCUT2D eigenvalue weighted by molar-refractivity contribution is 5.54. The zero-order valence-corrected chi connectivity index (χ0v) is 12.1. The first-order chi connectivity index (χ1) is 10.1. The fourth-order valence-corrected chi connectivity index (χ4v) is 2.84. The van der Waals surface area contributed by atoms with Crippen LogP contribution in [0.3, 0.4) is 0 Å². The summed E-state index contributed by atoms with van der Waals surface area (Å²) in [6, 6.07) is 4.90. The molecule has 2 unspecified atom stereocenters. The molecule has 21 heavy (non-hydrogen) atoms. The van der Waals surface area contributed by atoms with Crippen molar-refractivity contribution in [3.05, 3.63) is 35.5 Å². The van der Waals surface area contributed by atoms with Crippen molar-refractivity contribution in [1.82, 2.24) is 10.1 Å². The fraction of sp³-hybridized carbons (Fsp3) is 0.500. The highest BCUT2D eigenvalue weighted by Crippen LogP contribution is 2.28. The zero-order chi connectivity index (χ0) is 14.8. The molecule has 1 aliphatic carbocycles. The maximum absolute atomic E-state index is 13.6. The van der Waals surface area contributed by atoms with E-state index in [0.717, 1.165) is 25.7 Å². The number of halogens is 1. The summed E-state index contributed by atoms with van der Waals surface area (Å²) in [7, 11) is 0. The number of aryl methyl sites for hydroxylation is 1. The molecule has 2 atom stereocenters. The highest BCUT2D eigenvalue weighted by atomic mass is 19.1. The number of aliphatic hydroxyl groups is 1. The van der Waals surface area contributed by atoms with E-state index in [-0.39, 0.29) is 17.8 Å². The van der Waals surface area contributed by atoms with Crippen molar-refractivity contribution >= 4 is 0 Å². The Morgan fingerprint density at radius 2 is 2.14 bits per heavy atom. The molecule has 0 bridgehead atoms. The molecule has 0 amide bonds. The predicted molar refractivity (Wildman–Crippen MR) is 76.1 cm³/mol. The van der Waals surface area contributed by atoms with Crippen LogP contribution >= 0.6 is 0 Å². The van der Waals surface area contributed by atoms with Crippen molar-refractivity contribution in [2.75, 3.05) is 0 Å². The maximum atomic E-state index is 13.6. The molecule has 112 valence electrons. The molecule has 1 saturated carbocycles. The van der Waals surface area contributed by atoms with E-state index in [9.17, 15) is 9.50 Å². The first-order valence-electron chi connectivity index (χ1n) is 7.40. The van der Waals surface area contributed by atoms with Crippen LogP contribution in [0.15, 0.2) is 22.7 Å². The standard InChI is InChI=1S/C16H19FN2O2/c1-10-6-7-12(8-13(10)17)16-18-15(21-19-16)9-11-4-2-3-5-14(11)20/h6-8,11,14,20H,2-5,9H2,1H3. The average Bonchev–Trinajstić information content (AvgIpc) is 2.93. The van der Waals surface area contributed by atoms with Gasteiger partial charge in [0.2, 0.25) is 11.7 Å². The summed E-state index contributed by atoms with van der Waals surface area (Å²) in [6.45, 7) is 1.71. The molecule has 1 aromatic heterocycles. The van der Waals surface area contributed by atoms with Gasteiger partial charge in [-0.05, 0) is 37.3 Å². The van der Waals surface area contributed by atoms with Crippen molar-refractivity contribution < 1.29 is 14.0 Å². The molecule has 1 aromatic carbocycles. The van der Waals surface area contributed by atoms with Gasteiger partial charge in [0.25, 0.3) is 0 Å². The number of hydrogen-bond acceptors (Lipinski definition) is 4. The molecule has 2 aromatic rings. The molecule has 3 rings (SSSR count). The zero-order valence-electron chi connectivity index (χ0n) is 12.1. The van der Waals surface area contributed by atoms with Gasteiger partial charge in [0, 0.05) is 12.0 Å². The Balaban J connectivity index is 1.75. The quantitative estimate of drug-likeness (QED) is 0.942. The smallest absolute Gasteiger partial charge is 0.227 e. The van der Waals surface area contributed by atoms with Gasteiger partial charge in [-0.25, -0.2) is 4.39 Å². The van der Waals surface area contributed by atoms with E-state index in [0.29, 0.717) is 29.3 Å². The minimum Gasteiger partial charge on any atom is -0.393 e. The summed E-state index contributed by atoms with van der Waals surface area (Å²) in [5, 5.41) is 13.9. The minimum atomic E-state index is -0.286. The van der Waals surface area contributed by atoms with E-state index in [1.807, 2.05) is 0 Å². The van der Waals surface area contributed by atoms with Crippen molar-refractivity contribution in [2.45, 2.75) is 45.1 Å². The van der Waals surface area contributed by atoms with Crippen LogP contribution in [0.5, 0.6) is 0 Å². The molecule has 1 fully saturated rings. The van der Waals surface area contributed by atoms with Crippen LogP contribution in [-0.2, 0) is 6.42 Å². The van der Waals surface area contributed by atoms with E-state index in [4.69, 9.17) is 4.52 Å². The Hall–Kier alpha value is -1.75. The normalized spacial score (nSPS) is 22.4. The van der Waals surface area contributed by atoms with Gasteiger partial charge in [-0.15, -0.1) is 0 Å². The molecule has 1 N–H and O–H groups in total. The van der Waals surface area contributed by atoms with Gasteiger partial charge >= 0.3 is 0 Å². The molecule has 0 spiro atoms. The van der Waals surface area contributed by atoms with E-state index in [1.165, 1.54) is 6.07 Å². The molecule has 4 nitrogen and oxygen atoms in total. The summed E-state index contributed by atoms with van der Waals surface area (Å²) in [4.78, 5) is 4.32. The van der Waals surface area contributed by atoms with Crippen LogP contribution in [0, 0.1) is 18.7 Å². The van der Waals surface area contributed by atoms with Gasteiger partial charge < -0.3 is 9.63 Å². The molecule has 1 heterocycles. The number of aromatic nitrogens is 2. The third-order valence-corrected chi connectivity index (χ3v) is 4.20. The Labute approximate surface area is 123 Å². The van der Waals surface area contributed by atoms with Crippen LogP contribution < -0.4 is 0 Å². The summed E-state index contributed by atoms with van der Waals surface area (Å²) in [6.07, 6.45) is 4.34. The summed E-state index contributed by atoms with van der Waals surface area (Å²) in [5.41, 5.74) is 1.20. The molecular formula is C16H19FN2O2. The molecule has 1 aliphatic rings. The molecular weight excluding hydrogens is 271 g/mol. The number of benzene rings is 1. The van der Waals surface area contributed by atoms with Gasteiger partial charge in [0.15, 0.2) is 0 Å². The van der Waals surface area contributed by atoms with E-state index >= 15 is 0 Å². The first-order valence-corrected chi connectivity index (χ1v) is 7.40. The number of nitrogens with zero attached hydrogens (tertiary/aromatic N) is 2. The Kier molecular flexibility index (Phi) is 4.01. The lowest BCUT2D eigenvalue weighted by atomic mass is 9.84. The SMILES string of the molecule is Cc1ccc(-c2noc(CC3CCCCC3O)n2)cc1F. The van der Waals surface area contributed by atoms with E-state index in [2.05, 4.69) is 10.1 Å². The van der Waals surface area contributed by atoms with Crippen LogP contribution in [0.25, 0.3) is 11.4 Å². The van der Waals surface area contributed by atoms with Crippen LogP contribution in [0.1, 0.15) is 37.1 Å². The first kappa shape index (κ1) is 14.2. The fourth-order valence-electron chi connectivity index (χ4n) is 2.84. The molecule has 0 aliphatic heterocycles. The van der Waals surface area contributed by atoms with Crippen LogP contribution in [0.4, 0.5) is 4.39 Å². The van der Waals surface area contributed by atoms with Gasteiger partial charge in [0.05, 0.1) is 6.10 Å². The van der Waals surface area contributed by atoms with Gasteiger partial charge in [-0.1, -0.05) is 30.1 Å². The van der Waals surface area contributed by atoms with Crippen molar-refractivity contribution in [3.63, 3.8) is 0 Å². The summed E-state index contributed by atoms with van der Waals surface area (Å²) >= 11 is 0. The third-order valence-electron chi connectivity index (χ3n) is 4.20. The average molecular weight is 290 g/mol. The van der Waals surface area contributed by atoms with E-state index < -0.39 is 0 Å². The summed E-state index contributed by atoms with van der Waals surface area (Å²) in [5.74, 6) is 0.814. The molecule has 0 radical (unpaired) electrons. The second-order valence-corrected chi connectivity index (χ2v) is 5.79. The second-order valence-electron chi connectivity index (χ2n) is 5.79. The number of aliphatic hydroxyl groups excluding tert-OH is 1. The van der Waals surface area contributed by atoms with Crippen molar-refractivity contribution in [3.8, 4) is 11.4 Å². The Morgan fingerprint density at radius 1 is 1.33 bits per heavy atom. The third kappa shape index (κ3) is 3.13. The maximum Gasteiger partial charge on any atom is 0.227 e. The second kappa shape index (κ2) is 5.93. The lowest BCUT2D eigenvalue weighted by Gasteiger charge is -2.26. The topological polar surface area (TPSA) is 59.2 Å². The van der Waals surface area contributed by atoms with Crippen LogP contribution in [0.2, 0.25) is 0 Å². The lowest BCUT2D eigenvalue weighted by Crippen LogP contribution is -2.26. The monoisotopic (exact) mass is 290 g/mol. The Bertz CT molecular complexity index is 626. The Morgan fingerprint density at radius 3 is 2.90 bits per heavy atom. The van der Waals surface area contributed by atoms with Crippen molar-refractivity contribution in [2.24, 2.45) is 5.92 Å². The highest BCUT2D eigenvalue weighted by Gasteiger charge is 2.25. The largest absolute Gasteiger partial charge is 0.393 e. The molecule has 5 heteroatoms. The summed E-state index contributed by atoms with van der Waals surface area (Å²) < 4.78 is 18.8. The molecule has 0 saturated heterocycles. The van der Waals surface area contributed by atoms with Gasteiger partial charge in [0.1, 0.15) is 5.82 Å². The minimum absolute atomic E-state index is 0.182. The van der Waals surface area contributed by atoms with Crippen LogP contribution in [-0.4, -0.2) is 21.4 Å². The predicted octanol–water partition coefficient (Wildman–Crippen LogP) is 3.28. The van der Waals surface area contributed by atoms with Gasteiger partial charge in [-0.2, -0.15) is 4.98 Å². The van der Waals surface area contributed by atoms with E-state index in [1.54, 1.807) is 19.1 Å². The van der Waals surface area contributed by atoms with Gasteiger partial charge in [-0.3, -0.25) is 0 Å². The lowest BCUT2D eigenvalue weighted by molar-refractivity contribution is 0.0657.